The van der Waals surface area contributed by atoms with Gasteiger partial charge in [0.25, 0.3) is 0 Å². The van der Waals surface area contributed by atoms with E-state index in [4.69, 9.17) is 4.74 Å². The summed E-state index contributed by atoms with van der Waals surface area (Å²) < 4.78 is 46.1. The normalized spacial score (nSPS) is 17.8. The molecule has 1 aromatic heterocycles. The molecular formula is C21H18FN3O3S. The maximum Gasteiger partial charge on any atom is 0.218 e. The molecule has 0 unspecified atom stereocenters. The molecule has 0 amide bonds. The Hall–Kier alpha value is -2.68. The van der Waals surface area contributed by atoms with E-state index in [9.17, 15) is 12.8 Å². The fraction of sp³-hybridized carbons (Fsp3) is 0.238. The van der Waals surface area contributed by atoms with Crippen molar-refractivity contribution in [2.45, 2.75) is 18.0 Å². The van der Waals surface area contributed by atoms with Crippen LogP contribution in [0.4, 0.5) is 4.39 Å². The zero-order valence-electron chi connectivity index (χ0n) is 15.5. The molecule has 5 rings (SSSR count). The van der Waals surface area contributed by atoms with E-state index in [1.807, 2.05) is 30.3 Å². The van der Waals surface area contributed by atoms with Crippen LogP contribution in [0.2, 0.25) is 0 Å². The molecule has 3 heterocycles. The summed E-state index contributed by atoms with van der Waals surface area (Å²) in [5, 5.41) is 0. The van der Waals surface area contributed by atoms with Gasteiger partial charge in [-0.3, -0.25) is 0 Å². The second-order valence-corrected chi connectivity index (χ2v) is 9.33. The first kappa shape index (κ1) is 18.4. The highest BCUT2D eigenvalue weighted by Gasteiger charge is 2.54. The Morgan fingerprint density at radius 3 is 2.66 bits per heavy atom. The summed E-state index contributed by atoms with van der Waals surface area (Å²) in [6, 6.07) is 15.3. The number of aromatic nitrogens is 2. The quantitative estimate of drug-likeness (QED) is 0.660. The number of sulfonamides is 1. The van der Waals surface area contributed by atoms with E-state index in [0.717, 1.165) is 16.8 Å². The molecule has 0 atom stereocenters. The van der Waals surface area contributed by atoms with Crippen molar-refractivity contribution in [2.24, 2.45) is 0 Å². The number of hydrogen-bond donors (Lipinski definition) is 0. The van der Waals surface area contributed by atoms with Crippen LogP contribution >= 0.6 is 0 Å². The topological polar surface area (TPSA) is 72.4 Å². The first-order valence-corrected chi connectivity index (χ1v) is 10.8. The van der Waals surface area contributed by atoms with E-state index >= 15 is 0 Å². The summed E-state index contributed by atoms with van der Waals surface area (Å²) in [5.74, 6) is -0.0611. The van der Waals surface area contributed by atoms with Gasteiger partial charge >= 0.3 is 0 Å². The lowest BCUT2D eigenvalue weighted by molar-refractivity contribution is -0.112. The molecule has 0 N–H and O–H groups in total. The molecule has 1 spiro atoms. The number of fused-ring (bicyclic) bond motifs is 2. The predicted octanol–water partition coefficient (Wildman–Crippen LogP) is 2.85. The highest BCUT2D eigenvalue weighted by atomic mass is 32.2. The van der Waals surface area contributed by atoms with Gasteiger partial charge in [0.05, 0.1) is 18.1 Å². The molecule has 8 heteroatoms. The number of hydrogen-bond acceptors (Lipinski definition) is 5. The van der Waals surface area contributed by atoms with Crippen LogP contribution in [-0.2, 0) is 32.7 Å². The van der Waals surface area contributed by atoms with Crippen molar-refractivity contribution in [3.63, 3.8) is 0 Å². The molecule has 1 saturated heterocycles. The monoisotopic (exact) mass is 411 g/mol. The van der Waals surface area contributed by atoms with Gasteiger partial charge in [-0.15, -0.1) is 0 Å². The molecule has 0 aliphatic carbocycles. The number of halogens is 1. The molecule has 29 heavy (non-hydrogen) atoms. The van der Waals surface area contributed by atoms with Crippen molar-refractivity contribution in [1.29, 1.82) is 0 Å². The Bertz CT molecular complexity index is 1180. The van der Waals surface area contributed by atoms with E-state index in [2.05, 4.69) is 9.97 Å². The van der Waals surface area contributed by atoms with E-state index in [0.29, 0.717) is 18.0 Å². The molecule has 0 radical (unpaired) electrons. The minimum Gasteiger partial charge on any atom is -0.361 e. The largest absolute Gasteiger partial charge is 0.361 e. The minimum absolute atomic E-state index is 0.214. The Kier molecular flexibility index (Phi) is 4.23. The third-order valence-corrected chi connectivity index (χ3v) is 7.11. The van der Waals surface area contributed by atoms with Gasteiger partial charge in [-0.25, -0.2) is 22.8 Å². The summed E-state index contributed by atoms with van der Waals surface area (Å²) in [7, 11) is -3.56. The van der Waals surface area contributed by atoms with E-state index in [1.54, 1.807) is 12.3 Å². The zero-order valence-corrected chi connectivity index (χ0v) is 16.3. The molecule has 1 fully saturated rings. The van der Waals surface area contributed by atoms with Gasteiger partial charge in [0.2, 0.25) is 10.0 Å². The Balaban J connectivity index is 1.34. The van der Waals surface area contributed by atoms with Crippen LogP contribution < -0.4 is 0 Å². The van der Waals surface area contributed by atoms with Crippen LogP contribution in [0.5, 0.6) is 0 Å². The fourth-order valence-corrected chi connectivity index (χ4v) is 5.42. The van der Waals surface area contributed by atoms with Gasteiger partial charge in [-0.2, -0.15) is 4.31 Å². The van der Waals surface area contributed by atoms with Gasteiger partial charge in [-0.1, -0.05) is 42.5 Å². The van der Waals surface area contributed by atoms with Crippen LogP contribution in [0.1, 0.15) is 16.8 Å². The number of ether oxygens (including phenoxy) is 1. The molecule has 2 aliphatic heterocycles. The summed E-state index contributed by atoms with van der Waals surface area (Å²) in [6.45, 7) is 0.757. The minimum atomic E-state index is -3.56. The molecule has 148 valence electrons. The standard InChI is InChI=1S/C21H18FN3O3S/c22-17-8-4-5-15(9-17)12-29(26,27)25-13-21(14-25)18-10-23-20(24-19(18)11-28-21)16-6-2-1-3-7-16/h1-10H,11-14H2. The van der Waals surface area contributed by atoms with Gasteiger partial charge in [0.1, 0.15) is 11.4 Å². The smallest absolute Gasteiger partial charge is 0.218 e. The van der Waals surface area contributed by atoms with Crippen molar-refractivity contribution in [3.05, 3.63) is 83.4 Å². The molecule has 0 bridgehead atoms. The van der Waals surface area contributed by atoms with Crippen molar-refractivity contribution in [3.8, 4) is 11.4 Å². The van der Waals surface area contributed by atoms with E-state index in [1.165, 1.54) is 22.5 Å². The van der Waals surface area contributed by atoms with E-state index in [-0.39, 0.29) is 18.8 Å². The second kappa shape index (κ2) is 6.69. The summed E-state index contributed by atoms with van der Waals surface area (Å²) in [6.07, 6.45) is 1.74. The molecule has 0 saturated carbocycles. The lowest BCUT2D eigenvalue weighted by Gasteiger charge is -2.46. The van der Waals surface area contributed by atoms with Gasteiger partial charge < -0.3 is 4.74 Å². The molecule has 3 aromatic rings. The maximum atomic E-state index is 13.4. The van der Waals surface area contributed by atoms with Crippen molar-refractivity contribution in [2.75, 3.05) is 13.1 Å². The first-order chi connectivity index (χ1) is 14.0. The Morgan fingerprint density at radius 2 is 1.90 bits per heavy atom. The van der Waals surface area contributed by atoms with Crippen molar-refractivity contribution in [1.82, 2.24) is 14.3 Å². The third-order valence-electron chi connectivity index (χ3n) is 5.37. The van der Waals surface area contributed by atoms with Crippen LogP contribution in [0.25, 0.3) is 11.4 Å². The molecular weight excluding hydrogens is 393 g/mol. The van der Waals surface area contributed by atoms with Crippen LogP contribution in [0.3, 0.4) is 0 Å². The molecule has 6 nitrogen and oxygen atoms in total. The number of benzene rings is 2. The van der Waals surface area contributed by atoms with Gasteiger partial charge in [0.15, 0.2) is 5.82 Å². The predicted molar refractivity (Wildman–Crippen MR) is 105 cm³/mol. The van der Waals surface area contributed by atoms with Crippen LogP contribution in [-0.4, -0.2) is 35.8 Å². The Labute approximate surface area is 168 Å². The molecule has 2 aliphatic rings. The van der Waals surface area contributed by atoms with Gasteiger partial charge in [0, 0.05) is 30.4 Å². The van der Waals surface area contributed by atoms with Gasteiger partial charge in [-0.05, 0) is 17.7 Å². The lowest BCUT2D eigenvalue weighted by atomic mass is 9.90. The average Bonchev–Trinajstić information content (AvgIpc) is 3.06. The van der Waals surface area contributed by atoms with E-state index < -0.39 is 21.4 Å². The third kappa shape index (κ3) is 3.23. The summed E-state index contributed by atoms with van der Waals surface area (Å²) in [4.78, 5) is 9.08. The first-order valence-electron chi connectivity index (χ1n) is 9.23. The highest BCUT2D eigenvalue weighted by Crippen LogP contribution is 2.44. The maximum absolute atomic E-state index is 13.4. The lowest BCUT2D eigenvalue weighted by Crippen LogP contribution is -2.61. The highest BCUT2D eigenvalue weighted by molar-refractivity contribution is 7.88. The number of rotatable bonds is 4. The Morgan fingerprint density at radius 1 is 1.10 bits per heavy atom. The van der Waals surface area contributed by atoms with Crippen LogP contribution in [0, 0.1) is 5.82 Å². The number of nitrogens with zero attached hydrogens (tertiary/aromatic N) is 3. The second-order valence-electron chi connectivity index (χ2n) is 7.36. The van der Waals surface area contributed by atoms with Crippen molar-refractivity contribution >= 4 is 10.0 Å². The average molecular weight is 411 g/mol. The van der Waals surface area contributed by atoms with Crippen LogP contribution in [0.15, 0.2) is 60.8 Å². The van der Waals surface area contributed by atoms with Crippen molar-refractivity contribution < 1.29 is 17.5 Å². The fourth-order valence-electron chi connectivity index (χ4n) is 3.83. The summed E-state index contributed by atoms with van der Waals surface area (Å²) >= 11 is 0. The molecule has 2 aromatic carbocycles. The summed E-state index contributed by atoms with van der Waals surface area (Å²) in [5.41, 5.74) is 2.29. The zero-order chi connectivity index (χ0) is 20.1. The SMILES string of the molecule is O=S(=O)(Cc1cccc(F)c1)N1CC2(C1)OCc1nc(-c3ccccc3)ncc12.